The van der Waals surface area contributed by atoms with Crippen molar-refractivity contribution in [2.75, 3.05) is 0 Å². The summed E-state index contributed by atoms with van der Waals surface area (Å²) in [6.07, 6.45) is 20.4. The number of hydrogen-bond acceptors (Lipinski definition) is 5. The van der Waals surface area contributed by atoms with E-state index >= 15 is 0 Å². The SMILES string of the molecule is CC(C)CC(O)c1ccc(C2C(Cl)CC(Cl)C2CCCc2cc[c-]o2)cc1.CCCCCC(O)c1ccc(C2C(Cl)CC(Cl)C2CCCc2cc[c-]s2)cc1.[CH2-]Cc1ccc(C2C(Cl)CC(Cl)C2c2ccc(C(O)CCCCC)cc2)cc1.[Y].[Y].[Y]. The van der Waals surface area contributed by atoms with E-state index in [1.807, 2.05) is 30.3 Å². The van der Waals surface area contributed by atoms with E-state index in [4.69, 9.17) is 74.0 Å². The van der Waals surface area contributed by atoms with Crippen LogP contribution in [0.3, 0.4) is 0 Å². The summed E-state index contributed by atoms with van der Waals surface area (Å²) in [5.41, 5.74) is 9.16. The largest absolute Gasteiger partial charge is 0.596 e. The number of furan rings is 1. The van der Waals surface area contributed by atoms with Crippen LogP contribution in [-0.4, -0.2) is 47.6 Å². The van der Waals surface area contributed by atoms with Crippen molar-refractivity contribution in [1.82, 2.24) is 0 Å². The van der Waals surface area contributed by atoms with Gasteiger partial charge in [-0.25, -0.2) is 6.07 Å². The fourth-order valence-electron chi connectivity index (χ4n) is 13.1. The van der Waals surface area contributed by atoms with Crippen LogP contribution >= 0.6 is 80.9 Å². The van der Waals surface area contributed by atoms with Gasteiger partial charge >= 0.3 is 0 Å². The Hall–Kier alpha value is 0.792. The van der Waals surface area contributed by atoms with Crippen molar-refractivity contribution >= 4 is 80.9 Å². The molecule has 0 amide bonds. The van der Waals surface area contributed by atoms with Crippen LogP contribution in [0.4, 0.5) is 0 Å². The smallest absolute Gasteiger partial charge is 0.0792 e. The van der Waals surface area contributed by atoms with Gasteiger partial charge in [-0.15, -0.1) is 85.9 Å². The second kappa shape index (κ2) is 41.6. The Labute approximate surface area is 627 Å². The minimum atomic E-state index is -0.406. The summed E-state index contributed by atoms with van der Waals surface area (Å²) >= 11 is 42.0. The van der Waals surface area contributed by atoms with Gasteiger partial charge in [0, 0.05) is 154 Å². The standard InChI is InChI=1S/C25H31Cl2O.C24H31Cl2OS.C23H29Cl2O2.3Y/c1-3-5-6-7-23(28)18-12-14-20(15-13-18)25-22(27)16-21(26)24(25)19-10-8-17(4-2)9-11-19;1-2-3-4-10-23(27)17-11-13-18(14-12-17)24-20(21(25)16-22(24)26)9-5-7-19-8-6-15-28-19;1-15(2)13-22(26)16-8-10-17(11-9-16)23-19(20(24)14-21(23)25)7-3-5-18-6-4-12-27-18;;;/h8-15,21-25,28H,2-7,16H2,1H3;6,8,11-14,20-24,27H,2-5,7,9-10,16H2,1H3;4,6,8-11,15,19-23,26H,3,5,7,13-14H2,1-2H3;;;/q3*-1;;;. The molecular formula is C72H91Cl6O4SY3-3. The Kier molecular flexibility index (Phi) is 38.3. The van der Waals surface area contributed by atoms with Gasteiger partial charge in [0.2, 0.25) is 0 Å². The summed E-state index contributed by atoms with van der Waals surface area (Å²) in [6.45, 7) is 12.6. The van der Waals surface area contributed by atoms with E-state index in [9.17, 15) is 15.3 Å². The molecule has 15 unspecified atom stereocenters. The van der Waals surface area contributed by atoms with Crippen LogP contribution in [-0.2, 0) is 117 Å². The van der Waals surface area contributed by atoms with E-state index in [1.54, 1.807) is 11.3 Å². The molecule has 9 rings (SSSR count). The number of rotatable bonds is 26. The molecule has 3 radical (unpaired) electrons. The maximum absolute atomic E-state index is 10.4. The first-order chi connectivity index (χ1) is 40.1. The number of alkyl halides is 6. The van der Waals surface area contributed by atoms with E-state index in [0.717, 1.165) is 125 Å². The molecule has 15 atom stereocenters. The predicted octanol–water partition coefficient (Wildman–Crippen LogP) is 21.2. The van der Waals surface area contributed by atoms with Gasteiger partial charge in [-0.2, -0.15) is 18.6 Å². The molecule has 463 valence electrons. The second-order valence-electron chi connectivity index (χ2n) is 24.2. The first kappa shape index (κ1) is 79.2. The third-order valence-corrected chi connectivity index (χ3v) is 21.4. The van der Waals surface area contributed by atoms with E-state index in [-0.39, 0.29) is 160 Å². The van der Waals surface area contributed by atoms with Crippen molar-refractivity contribution in [3.63, 3.8) is 0 Å². The van der Waals surface area contributed by atoms with E-state index in [0.29, 0.717) is 23.7 Å². The van der Waals surface area contributed by atoms with Crippen molar-refractivity contribution in [3.8, 4) is 0 Å². The Morgan fingerprint density at radius 1 is 0.500 bits per heavy atom. The zero-order valence-corrected chi connectivity index (χ0v) is 65.0. The van der Waals surface area contributed by atoms with E-state index in [2.05, 4.69) is 137 Å². The molecule has 3 aliphatic carbocycles. The summed E-state index contributed by atoms with van der Waals surface area (Å²) in [6, 6.07) is 41.8. The first-order valence-corrected chi connectivity index (χ1v) is 34.5. The molecule has 0 spiro atoms. The summed E-state index contributed by atoms with van der Waals surface area (Å²) < 4.78 is 5.31. The number of aryl methyl sites for hydroxylation is 2. The van der Waals surface area contributed by atoms with Crippen LogP contribution in [0, 0.1) is 36.3 Å². The van der Waals surface area contributed by atoms with Crippen LogP contribution < -0.4 is 0 Å². The normalized spacial score (nSPS) is 25.2. The predicted molar refractivity (Wildman–Crippen MR) is 354 cm³/mol. The number of halogens is 6. The Morgan fingerprint density at radius 3 is 1.30 bits per heavy atom. The molecule has 0 aliphatic heterocycles. The second-order valence-corrected chi connectivity index (χ2v) is 28.5. The number of unbranched alkanes of at least 4 members (excludes halogenated alkanes) is 4. The first-order valence-electron chi connectivity index (χ1n) is 31.1. The minimum absolute atomic E-state index is 0. The molecule has 3 saturated carbocycles. The van der Waals surface area contributed by atoms with Gasteiger partial charge in [0.25, 0.3) is 0 Å². The number of aliphatic hydroxyl groups is 3. The van der Waals surface area contributed by atoms with Crippen LogP contribution in [0.2, 0.25) is 0 Å². The summed E-state index contributed by atoms with van der Waals surface area (Å²) in [7, 11) is 0. The summed E-state index contributed by atoms with van der Waals surface area (Å²) in [5.74, 6) is 3.15. The third-order valence-electron chi connectivity index (χ3n) is 17.8. The van der Waals surface area contributed by atoms with Crippen molar-refractivity contribution in [3.05, 3.63) is 195 Å². The average molecular weight is 1530 g/mol. The van der Waals surface area contributed by atoms with Crippen molar-refractivity contribution < 1.29 is 118 Å². The molecule has 2 heterocycles. The maximum atomic E-state index is 10.4. The number of aliphatic hydroxyl groups excluding tert-OH is 3. The van der Waals surface area contributed by atoms with Gasteiger partial charge in [0.15, 0.2) is 0 Å². The molecule has 4 aromatic carbocycles. The Bertz CT molecular complexity index is 2700. The van der Waals surface area contributed by atoms with Gasteiger partial charge in [-0.05, 0) is 114 Å². The van der Waals surface area contributed by atoms with E-state index < -0.39 is 6.10 Å². The van der Waals surface area contributed by atoms with Gasteiger partial charge < -0.3 is 38.0 Å². The molecule has 0 saturated heterocycles. The molecule has 3 N–H and O–H groups in total. The van der Waals surface area contributed by atoms with Crippen LogP contribution in [0.25, 0.3) is 0 Å². The van der Waals surface area contributed by atoms with Crippen LogP contribution in [0.1, 0.15) is 228 Å². The van der Waals surface area contributed by atoms with Crippen molar-refractivity contribution in [1.29, 1.82) is 0 Å². The maximum Gasteiger partial charge on any atom is 0.0792 e. The van der Waals surface area contributed by atoms with Gasteiger partial charge in [-0.3, -0.25) is 0 Å². The van der Waals surface area contributed by atoms with Crippen molar-refractivity contribution in [2.45, 2.75) is 224 Å². The number of benzene rings is 4. The molecule has 2 aromatic heterocycles. The molecule has 3 aliphatic rings. The molecule has 14 heteroatoms. The van der Waals surface area contributed by atoms with Crippen LogP contribution in [0.15, 0.2) is 126 Å². The zero-order chi connectivity index (χ0) is 59.4. The Balaban J connectivity index is 0.000000272. The molecule has 3 fully saturated rings. The summed E-state index contributed by atoms with van der Waals surface area (Å²) in [4.78, 5) is 1.39. The minimum Gasteiger partial charge on any atom is -0.596 e. The number of hydrogen-bond donors (Lipinski definition) is 3. The third kappa shape index (κ3) is 23.6. The molecule has 6 aromatic rings. The fourth-order valence-corrected chi connectivity index (χ4v) is 17.1. The molecule has 0 bridgehead atoms. The van der Waals surface area contributed by atoms with Gasteiger partial charge in [-0.1, -0.05) is 200 Å². The molecule has 86 heavy (non-hydrogen) atoms. The number of thiophene rings is 1. The van der Waals surface area contributed by atoms with Crippen LogP contribution in [0.5, 0.6) is 0 Å². The molecule has 4 nitrogen and oxygen atoms in total. The summed E-state index contributed by atoms with van der Waals surface area (Å²) in [5, 5.41) is 34.8. The van der Waals surface area contributed by atoms with E-state index in [1.165, 1.54) is 52.0 Å². The quantitative estimate of drug-likeness (QED) is 0.0287. The average Bonchev–Trinajstić information content (AvgIpc) is 4.52. The Morgan fingerprint density at radius 2 is 0.907 bits per heavy atom. The van der Waals surface area contributed by atoms with Gasteiger partial charge in [0.1, 0.15) is 0 Å². The monoisotopic (exact) mass is 1530 g/mol. The van der Waals surface area contributed by atoms with Crippen molar-refractivity contribution in [2.24, 2.45) is 17.8 Å². The van der Waals surface area contributed by atoms with Gasteiger partial charge in [0.05, 0.1) is 18.3 Å². The molecular weight excluding hydrogens is 1440 g/mol. The fraction of sp³-hybridized carbons (Fsp3) is 0.542. The topological polar surface area (TPSA) is 73.8 Å². The zero-order valence-electron chi connectivity index (χ0n) is 51.1.